The van der Waals surface area contributed by atoms with E-state index in [0.29, 0.717) is 25.6 Å². The number of ether oxygens (including phenoxy) is 3. The van der Waals surface area contributed by atoms with Crippen LogP contribution in [0.15, 0.2) is 24.5 Å². The highest BCUT2D eigenvalue weighted by molar-refractivity contribution is 5.97. The molecule has 5 heterocycles. The quantitative estimate of drug-likeness (QED) is 0.653. The van der Waals surface area contributed by atoms with Crippen molar-refractivity contribution in [2.75, 3.05) is 31.7 Å². The molecule has 0 bridgehead atoms. The molecule has 3 aromatic heterocycles. The Bertz CT molecular complexity index is 1190. The molecule has 0 aromatic carbocycles. The monoisotopic (exact) mass is 434 g/mol. The standard InChI is InChI=1S/C24H26N4O4/c1-14(29)27-22-7-17-18(9-25-20(17)10-26-22)19-8-21(32-15-11-31-12-15)16-3-2-4-24(23(16)28-19)5-6-30-13-24/h7-10,15,25H,2-6,11-13H2,1H3,(H,26,27,29). The Kier molecular flexibility index (Phi) is 4.66. The van der Waals surface area contributed by atoms with E-state index in [2.05, 4.69) is 21.4 Å². The molecule has 0 saturated carbocycles. The van der Waals surface area contributed by atoms with Crippen molar-refractivity contribution in [1.29, 1.82) is 0 Å². The average Bonchev–Trinajstić information content (AvgIpc) is 3.38. The molecule has 32 heavy (non-hydrogen) atoms. The van der Waals surface area contributed by atoms with Crippen molar-refractivity contribution in [2.24, 2.45) is 0 Å². The summed E-state index contributed by atoms with van der Waals surface area (Å²) in [6.45, 7) is 4.22. The Morgan fingerprint density at radius 1 is 1.28 bits per heavy atom. The van der Waals surface area contributed by atoms with Gasteiger partial charge in [-0.15, -0.1) is 0 Å². The molecule has 3 aromatic rings. The van der Waals surface area contributed by atoms with Crippen LogP contribution in [0.2, 0.25) is 0 Å². The van der Waals surface area contributed by atoms with E-state index in [-0.39, 0.29) is 17.4 Å². The van der Waals surface area contributed by atoms with Crippen molar-refractivity contribution in [3.05, 3.63) is 35.8 Å². The summed E-state index contributed by atoms with van der Waals surface area (Å²) in [6.07, 6.45) is 7.95. The normalized spacial score (nSPS) is 22.7. The van der Waals surface area contributed by atoms with Gasteiger partial charge in [-0.2, -0.15) is 0 Å². The Hall–Kier alpha value is -2.97. The van der Waals surface area contributed by atoms with Crippen LogP contribution in [-0.4, -0.2) is 53.4 Å². The molecule has 3 aliphatic rings. The summed E-state index contributed by atoms with van der Waals surface area (Å²) in [5.74, 6) is 1.28. The molecule has 1 spiro atoms. The number of anilines is 1. The van der Waals surface area contributed by atoms with E-state index in [1.54, 1.807) is 6.20 Å². The van der Waals surface area contributed by atoms with Gasteiger partial charge in [-0.1, -0.05) is 0 Å². The van der Waals surface area contributed by atoms with Crippen molar-refractivity contribution in [3.8, 4) is 17.0 Å². The van der Waals surface area contributed by atoms with Crippen molar-refractivity contribution >= 4 is 22.6 Å². The van der Waals surface area contributed by atoms with Crippen LogP contribution < -0.4 is 10.1 Å². The van der Waals surface area contributed by atoms with E-state index in [1.165, 1.54) is 12.5 Å². The number of amides is 1. The van der Waals surface area contributed by atoms with Crippen LogP contribution in [0.25, 0.3) is 22.2 Å². The molecule has 1 amide bonds. The summed E-state index contributed by atoms with van der Waals surface area (Å²) in [6, 6.07) is 3.95. The SMILES string of the molecule is CC(=O)Nc1cc2c(-c3cc(OC4COC4)c4c(n3)C3(CCC4)CCOC3)c[nH]c2cn1. The molecule has 8 heteroatoms. The van der Waals surface area contributed by atoms with Crippen molar-refractivity contribution in [2.45, 2.75) is 44.1 Å². The molecule has 166 valence electrons. The van der Waals surface area contributed by atoms with Crippen LogP contribution in [0.5, 0.6) is 5.75 Å². The second-order valence-corrected chi connectivity index (χ2v) is 9.05. The number of hydrogen-bond donors (Lipinski definition) is 2. The largest absolute Gasteiger partial charge is 0.485 e. The summed E-state index contributed by atoms with van der Waals surface area (Å²) >= 11 is 0. The van der Waals surface area contributed by atoms with Crippen LogP contribution in [0.3, 0.4) is 0 Å². The minimum Gasteiger partial charge on any atom is -0.485 e. The maximum atomic E-state index is 11.5. The molecular formula is C24H26N4O4. The number of nitrogens with zero attached hydrogens (tertiary/aromatic N) is 2. The molecule has 1 atom stereocenters. The Labute approximate surface area is 185 Å². The fourth-order valence-electron chi connectivity index (χ4n) is 5.13. The highest BCUT2D eigenvalue weighted by Gasteiger charge is 2.43. The Morgan fingerprint density at radius 3 is 2.94 bits per heavy atom. The zero-order chi connectivity index (χ0) is 21.7. The molecule has 8 nitrogen and oxygen atoms in total. The minimum absolute atomic E-state index is 0.0349. The zero-order valence-corrected chi connectivity index (χ0v) is 18.1. The van der Waals surface area contributed by atoms with Crippen molar-refractivity contribution in [3.63, 3.8) is 0 Å². The van der Waals surface area contributed by atoms with E-state index in [0.717, 1.165) is 65.9 Å². The van der Waals surface area contributed by atoms with E-state index < -0.39 is 0 Å². The third kappa shape index (κ3) is 3.25. The average molecular weight is 434 g/mol. The number of H-pyrrole nitrogens is 1. The second-order valence-electron chi connectivity index (χ2n) is 9.05. The first-order valence-corrected chi connectivity index (χ1v) is 11.2. The van der Waals surface area contributed by atoms with E-state index in [9.17, 15) is 4.79 Å². The summed E-state index contributed by atoms with van der Waals surface area (Å²) in [4.78, 5) is 24.4. The van der Waals surface area contributed by atoms with Crippen LogP contribution >= 0.6 is 0 Å². The van der Waals surface area contributed by atoms with Crippen LogP contribution in [0.4, 0.5) is 5.82 Å². The molecule has 1 unspecified atom stereocenters. The number of aromatic amines is 1. The maximum absolute atomic E-state index is 11.5. The Morgan fingerprint density at radius 2 is 2.19 bits per heavy atom. The van der Waals surface area contributed by atoms with Gasteiger partial charge in [-0.05, 0) is 31.7 Å². The molecule has 2 N–H and O–H groups in total. The molecule has 6 rings (SSSR count). The van der Waals surface area contributed by atoms with Gasteiger partial charge < -0.3 is 24.5 Å². The smallest absolute Gasteiger partial charge is 0.222 e. The van der Waals surface area contributed by atoms with Gasteiger partial charge in [-0.3, -0.25) is 9.78 Å². The minimum atomic E-state index is -0.151. The summed E-state index contributed by atoms with van der Waals surface area (Å²) < 4.78 is 17.6. The Balaban J connectivity index is 1.50. The number of aromatic nitrogens is 3. The number of fused-ring (bicyclic) bond motifs is 3. The lowest BCUT2D eigenvalue weighted by atomic mass is 9.72. The molecule has 2 aliphatic heterocycles. The zero-order valence-electron chi connectivity index (χ0n) is 18.1. The van der Waals surface area contributed by atoms with Gasteiger partial charge in [0, 0.05) is 47.7 Å². The van der Waals surface area contributed by atoms with Gasteiger partial charge in [0.15, 0.2) is 0 Å². The summed E-state index contributed by atoms with van der Waals surface area (Å²) in [7, 11) is 0. The van der Waals surface area contributed by atoms with Crippen molar-refractivity contribution < 1.29 is 19.0 Å². The highest BCUT2D eigenvalue weighted by atomic mass is 16.6. The van der Waals surface area contributed by atoms with Gasteiger partial charge >= 0.3 is 0 Å². The first-order valence-electron chi connectivity index (χ1n) is 11.2. The fourth-order valence-corrected chi connectivity index (χ4v) is 5.13. The summed E-state index contributed by atoms with van der Waals surface area (Å²) in [5.41, 5.74) is 5.02. The van der Waals surface area contributed by atoms with Crippen LogP contribution in [0.1, 0.15) is 37.4 Å². The number of pyridine rings is 2. The number of carbonyl (C=O) groups is 1. The van der Waals surface area contributed by atoms with Gasteiger partial charge in [0.05, 0.1) is 42.9 Å². The third-order valence-corrected chi connectivity index (χ3v) is 6.82. The maximum Gasteiger partial charge on any atom is 0.222 e. The number of carbonyl (C=O) groups excluding carboxylic acids is 1. The predicted octanol–water partition coefficient (Wildman–Crippen LogP) is 3.36. The van der Waals surface area contributed by atoms with Gasteiger partial charge in [0.2, 0.25) is 5.91 Å². The van der Waals surface area contributed by atoms with E-state index in [4.69, 9.17) is 19.2 Å². The lowest BCUT2D eigenvalue weighted by Crippen LogP contribution is -2.39. The van der Waals surface area contributed by atoms with Crippen molar-refractivity contribution in [1.82, 2.24) is 15.0 Å². The van der Waals surface area contributed by atoms with Crippen LogP contribution in [-0.2, 0) is 26.1 Å². The highest BCUT2D eigenvalue weighted by Crippen LogP contribution is 2.46. The molecular weight excluding hydrogens is 408 g/mol. The summed E-state index contributed by atoms with van der Waals surface area (Å²) in [5, 5.41) is 3.73. The number of nitrogens with one attached hydrogen (secondary N) is 2. The topological polar surface area (TPSA) is 98.4 Å². The van der Waals surface area contributed by atoms with Gasteiger partial charge in [0.25, 0.3) is 0 Å². The third-order valence-electron chi connectivity index (χ3n) is 6.82. The lowest BCUT2D eigenvalue weighted by molar-refractivity contribution is -0.114. The van der Waals surface area contributed by atoms with Gasteiger partial charge in [-0.25, -0.2) is 4.98 Å². The molecule has 2 fully saturated rings. The molecule has 0 radical (unpaired) electrons. The molecule has 1 aliphatic carbocycles. The van der Waals surface area contributed by atoms with E-state index >= 15 is 0 Å². The first-order chi connectivity index (χ1) is 15.6. The van der Waals surface area contributed by atoms with E-state index in [1.807, 2.05) is 12.3 Å². The lowest BCUT2D eigenvalue weighted by Gasteiger charge is -2.36. The number of hydrogen-bond acceptors (Lipinski definition) is 6. The fraction of sp³-hybridized carbons (Fsp3) is 0.458. The predicted molar refractivity (Wildman–Crippen MR) is 119 cm³/mol. The second kappa shape index (κ2) is 7.56. The van der Waals surface area contributed by atoms with Gasteiger partial charge in [0.1, 0.15) is 17.7 Å². The first kappa shape index (κ1) is 19.7. The van der Waals surface area contributed by atoms with Crippen LogP contribution in [0, 0.1) is 0 Å². The number of rotatable bonds is 4. The molecule has 2 saturated heterocycles.